The number of imidazole rings is 1. The number of H-pyrrole nitrogens is 1. The quantitative estimate of drug-likeness (QED) is 0.179. The highest BCUT2D eigenvalue weighted by molar-refractivity contribution is 7.92. The molecule has 0 radical (unpaired) electrons. The zero-order valence-corrected chi connectivity index (χ0v) is 24.0. The first kappa shape index (κ1) is 28.0. The molecular formula is C31H33N5O4S. The minimum atomic E-state index is -3.82. The SMILES string of the molecule is CC(C)(C)c1ccc(S(=O)(=O)Nc2ccc3[nH]c(OC(=O)NCCCn4ccnc4)c(-c4ccccc4)c3c2)cc1. The molecular weight excluding hydrogens is 538 g/mol. The molecule has 0 bridgehead atoms. The third-order valence-electron chi connectivity index (χ3n) is 6.73. The van der Waals surface area contributed by atoms with E-state index in [0.29, 0.717) is 35.1 Å². The van der Waals surface area contributed by atoms with Crippen molar-refractivity contribution in [2.45, 2.75) is 44.0 Å². The van der Waals surface area contributed by atoms with Gasteiger partial charge in [0.25, 0.3) is 10.0 Å². The minimum Gasteiger partial charge on any atom is -0.393 e. The number of benzene rings is 3. The normalized spacial score (nSPS) is 11.9. The zero-order valence-electron chi connectivity index (χ0n) is 23.2. The second-order valence-electron chi connectivity index (χ2n) is 10.8. The second kappa shape index (κ2) is 11.5. The van der Waals surface area contributed by atoms with Gasteiger partial charge in [-0.3, -0.25) is 4.72 Å². The summed E-state index contributed by atoms with van der Waals surface area (Å²) in [4.78, 5) is 20.0. The van der Waals surface area contributed by atoms with E-state index < -0.39 is 16.1 Å². The average molecular weight is 572 g/mol. The highest BCUT2D eigenvalue weighted by Gasteiger charge is 2.21. The molecule has 3 N–H and O–H groups in total. The van der Waals surface area contributed by atoms with Crippen LogP contribution in [0.3, 0.4) is 0 Å². The molecule has 2 heterocycles. The number of carbonyl (C=O) groups excluding carboxylic acids is 1. The number of amides is 1. The minimum absolute atomic E-state index is 0.0833. The molecule has 0 aliphatic rings. The van der Waals surface area contributed by atoms with Gasteiger partial charge in [0.05, 0.1) is 16.8 Å². The number of hydrogen-bond donors (Lipinski definition) is 3. The molecule has 0 aliphatic carbocycles. The summed E-state index contributed by atoms with van der Waals surface area (Å²) in [5, 5.41) is 3.49. The molecule has 2 aromatic heterocycles. The lowest BCUT2D eigenvalue weighted by molar-refractivity contribution is 0.199. The molecule has 5 rings (SSSR count). The number of aryl methyl sites for hydroxylation is 1. The number of rotatable bonds is 9. The van der Waals surface area contributed by atoms with E-state index in [9.17, 15) is 13.2 Å². The molecule has 0 aliphatic heterocycles. The Morgan fingerprint density at radius 1 is 1.02 bits per heavy atom. The van der Waals surface area contributed by atoms with Gasteiger partial charge in [-0.05, 0) is 53.3 Å². The Morgan fingerprint density at radius 2 is 1.78 bits per heavy atom. The molecule has 0 atom stereocenters. The number of ether oxygens (including phenoxy) is 1. The Hall–Kier alpha value is -4.57. The van der Waals surface area contributed by atoms with Crippen LogP contribution in [-0.2, 0) is 22.0 Å². The van der Waals surface area contributed by atoms with Gasteiger partial charge in [0.15, 0.2) is 0 Å². The summed E-state index contributed by atoms with van der Waals surface area (Å²) < 4.78 is 36.7. The molecule has 3 aromatic carbocycles. The zero-order chi connectivity index (χ0) is 29.0. The van der Waals surface area contributed by atoms with E-state index in [0.717, 1.165) is 17.7 Å². The van der Waals surface area contributed by atoms with E-state index in [1.54, 1.807) is 42.9 Å². The molecule has 0 unspecified atom stereocenters. The Morgan fingerprint density at radius 3 is 2.46 bits per heavy atom. The maximum Gasteiger partial charge on any atom is 0.413 e. The lowest BCUT2D eigenvalue weighted by Gasteiger charge is -2.19. The smallest absolute Gasteiger partial charge is 0.393 e. The number of nitrogens with zero attached hydrogens (tertiary/aromatic N) is 2. The fraction of sp³-hybridized carbons (Fsp3) is 0.226. The Bertz CT molecular complexity index is 1740. The Labute approximate surface area is 239 Å². The summed E-state index contributed by atoms with van der Waals surface area (Å²) in [5.41, 5.74) is 3.53. The molecule has 212 valence electrons. The maximum absolute atomic E-state index is 13.2. The van der Waals surface area contributed by atoms with Crippen LogP contribution < -0.4 is 14.8 Å². The first-order valence-electron chi connectivity index (χ1n) is 13.4. The summed E-state index contributed by atoms with van der Waals surface area (Å²) in [6, 6.07) is 21.6. The lowest BCUT2D eigenvalue weighted by Crippen LogP contribution is -2.28. The highest BCUT2D eigenvalue weighted by Crippen LogP contribution is 2.39. The number of hydrogen-bond acceptors (Lipinski definition) is 5. The summed E-state index contributed by atoms with van der Waals surface area (Å²) in [6.45, 7) is 7.39. The van der Waals surface area contributed by atoms with Crippen LogP contribution in [0.4, 0.5) is 10.5 Å². The number of anilines is 1. The fourth-order valence-corrected chi connectivity index (χ4v) is 5.60. The molecule has 0 saturated carbocycles. The van der Waals surface area contributed by atoms with Crippen molar-refractivity contribution in [1.82, 2.24) is 19.9 Å². The van der Waals surface area contributed by atoms with Crippen molar-refractivity contribution in [2.75, 3.05) is 11.3 Å². The van der Waals surface area contributed by atoms with Crippen molar-refractivity contribution in [3.8, 4) is 17.0 Å². The van der Waals surface area contributed by atoms with Gasteiger partial charge in [-0.2, -0.15) is 0 Å². The topological polar surface area (TPSA) is 118 Å². The molecule has 1 amide bonds. The summed E-state index contributed by atoms with van der Waals surface area (Å²) >= 11 is 0. The highest BCUT2D eigenvalue weighted by atomic mass is 32.2. The molecule has 5 aromatic rings. The van der Waals surface area contributed by atoms with Crippen LogP contribution in [0.15, 0.2) is 96.4 Å². The Kier molecular flexibility index (Phi) is 7.85. The van der Waals surface area contributed by atoms with Crippen molar-refractivity contribution in [2.24, 2.45) is 0 Å². The largest absolute Gasteiger partial charge is 0.413 e. The van der Waals surface area contributed by atoms with Crippen LogP contribution in [0.5, 0.6) is 5.88 Å². The predicted octanol–water partition coefficient (Wildman–Crippen LogP) is 6.31. The third kappa shape index (κ3) is 6.60. The number of fused-ring (bicyclic) bond motifs is 1. The standard InChI is InChI=1S/C31H33N5O4S/c1-31(2,3)23-10-13-25(14-11-23)41(38,39)35-24-12-15-27-26(20-24)28(22-8-5-4-6-9-22)29(34-27)40-30(37)33-16-7-18-36-19-17-32-21-36/h4-6,8-15,17,19-21,34-35H,7,16,18H2,1-3H3,(H,33,37). The average Bonchev–Trinajstić information content (AvgIpc) is 3.58. The van der Waals surface area contributed by atoms with E-state index in [-0.39, 0.29) is 16.2 Å². The second-order valence-corrected chi connectivity index (χ2v) is 12.5. The van der Waals surface area contributed by atoms with Crippen LogP contribution in [0, 0.1) is 0 Å². The monoisotopic (exact) mass is 571 g/mol. The number of sulfonamides is 1. The molecule has 10 heteroatoms. The fourth-order valence-electron chi connectivity index (χ4n) is 4.55. The van der Waals surface area contributed by atoms with Crippen LogP contribution in [-0.4, -0.2) is 35.6 Å². The predicted molar refractivity (Wildman–Crippen MR) is 161 cm³/mol. The number of carbonyl (C=O) groups is 1. The lowest BCUT2D eigenvalue weighted by atomic mass is 9.87. The van der Waals surface area contributed by atoms with E-state index >= 15 is 0 Å². The number of aromatic nitrogens is 3. The van der Waals surface area contributed by atoms with Gasteiger partial charge in [-0.15, -0.1) is 0 Å². The molecule has 0 fully saturated rings. The number of aromatic amines is 1. The van der Waals surface area contributed by atoms with Crippen LogP contribution in [0.25, 0.3) is 22.0 Å². The summed E-state index contributed by atoms with van der Waals surface area (Å²) in [6.07, 6.45) is 5.44. The van der Waals surface area contributed by atoms with Gasteiger partial charge < -0.3 is 19.6 Å². The van der Waals surface area contributed by atoms with Crippen molar-refractivity contribution < 1.29 is 17.9 Å². The van der Waals surface area contributed by atoms with Crippen LogP contribution in [0.2, 0.25) is 0 Å². The van der Waals surface area contributed by atoms with E-state index in [2.05, 4.69) is 40.8 Å². The van der Waals surface area contributed by atoms with Crippen molar-refractivity contribution >= 4 is 32.7 Å². The Balaban J connectivity index is 1.38. The molecule has 0 spiro atoms. The van der Waals surface area contributed by atoms with Gasteiger partial charge in [-0.25, -0.2) is 18.2 Å². The van der Waals surface area contributed by atoms with E-state index in [1.807, 2.05) is 53.2 Å². The molecule has 0 saturated heterocycles. The first-order chi connectivity index (χ1) is 19.6. The van der Waals surface area contributed by atoms with Gasteiger partial charge in [-0.1, -0.05) is 63.2 Å². The molecule has 41 heavy (non-hydrogen) atoms. The van der Waals surface area contributed by atoms with E-state index in [4.69, 9.17) is 4.74 Å². The van der Waals surface area contributed by atoms with Gasteiger partial charge in [0, 0.05) is 42.1 Å². The van der Waals surface area contributed by atoms with E-state index in [1.165, 1.54) is 0 Å². The summed E-state index contributed by atoms with van der Waals surface area (Å²) in [7, 11) is -3.82. The van der Waals surface area contributed by atoms with Crippen molar-refractivity contribution in [3.05, 3.63) is 97.1 Å². The van der Waals surface area contributed by atoms with Crippen LogP contribution in [0.1, 0.15) is 32.8 Å². The number of nitrogens with one attached hydrogen (secondary N) is 3. The van der Waals surface area contributed by atoms with Gasteiger partial charge in [0.1, 0.15) is 0 Å². The molecule has 9 nitrogen and oxygen atoms in total. The maximum atomic E-state index is 13.2. The van der Waals surface area contributed by atoms with Gasteiger partial charge in [0.2, 0.25) is 5.88 Å². The van der Waals surface area contributed by atoms with Crippen LogP contribution >= 0.6 is 0 Å². The summed E-state index contributed by atoms with van der Waals surface area (Å²) in [5.74, 6) is 0.274. The third-order valence-corrected chi connectivity index (χ3v) is 8.12. The van der Waals surface area contributed by atoms with Gasteiger partial charge >= 0.3 is 6.09 Å². The van der Waals surface area contributed by atoms with Crippen molar-refractivity contribution in [3.63, 3.8) is 0 Å². The van der Waals surface area contributed by atoms with Crippen molar-refractivity contribution in [1.29, 1.82) is 0 Å². The first-order valence-corrected chi connectivity index (χ1v) is 14.8.